The van der Waals surface area contributed by atoms with E-state index in [1.54, 1.807) is 26.0 Å². The van der Waals surface area contributed by atoms with Crippen molar-refractivity contribution in [3.63, 3.8) is 0 Å². The molecule has 0 aliphatic heterocycles. The molecule has 0 fully saturated rings. The largest absolute Gasteiger partial charge is 0.507 e. The highest BCUT2D eigenvalue weighted by Crippen LogP contribution is 2.35. The van der Waals surface area contributed by atoms with Crippen molar-refractivity contribution in [2.45, 2.75) is 18.7 Å². The molecule has 0 heterocycles. The van der Waals surface area contributed by atoms with Crippen LogP contribution in [0.2, 0.25) is 0 Å². The van der Waals surface area contributed by atoms with Crippen LogP contribution in [0.1, 0.15) is 11.1 Å². The lowest BCUT2D eigenvalue weighted by Crippen LogP contribution is -2.21. The van der Waals surface area contributed by atoms with E-state index >= 15 is 0 Å². The number of benzene rings is 3. The molecule has 4 N–H and O–H groups in total. The number of anilines is 2. The van der Waals surface area contributed by atoms with Crippen LogP contribution in [-0.4, -0.2) is 37.6 Å². The highest BCUT2D eigenvalue weighted by molar-refractivity contribution is 7.92. The lowest BCUT2D eigenvalue weighted by Gasteiger charge is -2.15. The Morgan fingerprint density at radius 1 is 0.882 bits per heavy atom. The van der Waals surface area contributed by atoms with Crippen molar-refractivity contribution in [2.24, 2.45) is 0 Å². The minimum absolute atomic E-state index is 0.140. The molecule has 3 rings (SSSR count). The fourth-order valence-corrected chi connectivity index (χ4v) is 4.30. The summed E-state index contributed by atoms with van der Waals surface area (Å²) in [5.41, 5.74) is 1.67. The first-order chi connectivity index (χ1) is 16.0. The summed E-state index contributed by atoms with van der Waals surface area (Å²) in [6, 6.07) is 13.0. The van der Waals surface area contributed by atoms with Gasteiger partial charge in [-0.15, -0.1) is 0 Å². The van der Waals surface area contributed by atoms with Crippen molar-refractivity contribution in [1.29, 1.82) is 0 Å². The molecule has 0 bridgehead atoms. The Hall–Kier alpha value is -4.25. The Kier molecular flexibility index (Phi) is 6.97. The third kappa shape index (κ3) is 5.56. The van der Waals surface area contributed by atoms with Gasteiger partial charge in [0.05, 0.1) is 7.11 Å². The molecule has 0 aliphatic carbocycles. The van der Waals surface area contributed by atoms with E-state index in [4.69, 9.17) is 14.6 Å². The lowest BCUT2D eigenvalue weighted by molar-refractivity contribution is -0.147. The fourth-order valence-electron chi connectivity index (χ4n) is 3.13. The Labute approximate surface area is 195 Å². The second-order valence-electron chi connectivity index (χ2n) is 7.26. The first kappa shape index (κ1) is 24.4. The maximum absolute atomic E-state index is 12.9. The van der Waals surface area contributed by atoms with E-state index < -0.39 is 27.6 Å². The quantitative estimate of drug-likeness (QED) is 0.370. The molecule has 11 heteroatoms. The number of aryl methyl sites for hydroxylation is 2. The fraction of sp³-hybridized carbons (Fsp3) is 0.130. The number of hydrogen-bond donors (Lipinski definition) is 4. The van der Waals surface area contributed by atoms with Gasteiger partial charge in [-0.1, -0.05) is 0 Å². The number of hydrogen-bond acceptors (Lipinski definition) is 7. The van der Waals surface area contributed by atoms with Gasteiger partial charge in [0.2, 0.25) is 0 Å². The summed E-state index contributed by atoms with van der Waals surface area (Å²) in [7, 11) is -2.66. The predicted octanol–water partition coefficient (Wildman–Crippen LogP) is 3.63. The maximum atomic E-state index is 12.9. The van der Waals surface area contributed by atoms with E-state index in [1.807, 2.05) is 0 Å². The zero-order chi connectivity index (χ0) is 25.0. The van der Waals surface area contributed by atoms with Gasteiger partial charge < -0.3 is 25.0 Å². The number of aromatic hydroxyl groups is 1. The molecule has 0 aromatic heterocycles. The van der Waals surface area contributed by atoms with Crippen LogP contribution >= 0.6 is 0 Å². The van der Waals surface area contributed by atoms with Crippen molar-refractivity contribution in [3.05, 3.63) is 65.7 Å². The van der Waals surface area contributed by atoms with E-state index in [9.17, 15) is 23.1 Å². The first-order valence-corrected chi connectivity index (χ1v) is 11.3. The summed E-state index contributed by atoms with van der Waals surface area (Å²) >= 11 is 0. The number of phenols is 1. The Morgan fingerprint density at radius 2 is 1.47 bits per heavy atom. The summed E-state index contributed by atoms with van der Waals surface area (Å²) in [5.74, 6) is -2.18. The number of rotatable bonds is 7. The van der Waals surface area contributed by atoms with Crippen LogP contribution in [0.4, 0.5) is 11.4 Å². The summed E-state index contributed by atoms with van der Waals surface area (Å²) in [6.07, 6.45) is 0. The summed E-state index contributed by atoms with van der Waals surface area (Å²) in [5, 5.41) is 21.2. The van der Waals surface area contributed by atoms with E-state index in [2.05, 4.69) is 10.0 Å². The predicted molar refractivity (Wildman–Crippen MR) is 124 cm³/mol. The maximum Gasteiger partial charge on any atom is 0.394 e. The number of carboxylic acid groups (broad SMARTS) is 1. The van der Waals surface area contributed by atoms with Gasteiger partial charge in [0.1, 0.15) is 27.9 Å². The van der Waals surface area contributed by atoms with Gasteiger partial charge in [-0.05, 0) is 73.5 Å². The van der Waals surface area contributed by atoms with Crippen LogP contribution in [-0.2, 0) is 19.6 Å². The van der Waals surface area contributed by atoms with Crippen LogP contribution in [0, 0.1) is 13.8 Å². The molecule has 34 heavy (non-hydrogen) atoms. The van der Waals surface area contributed by atoms with Gasteiger partial charge in [-0.3, -0.25) is 9.52 Å². The van der Waals surface area contributed by atoms with Gasteiger partial charge in [0.15, 0.2) is 0 Å². The van der Waals surface area contributed by atoms with E-state index in [0.717, 1.165) is 0 Å². The topological polar surface area (TPSA) is 151 Å². The van der Waals surface area contributed by atoms with Crippen LogP contribution < -0.4 is 19.5 Å². The first-order valence-electron chi connectivity index (χ1n) is 9.83. The Balaban J connectivity index is 1.87. The molecule has 0 saturated heterocycles. The molecule has 0 radical (unpaired) electrons. The number of nitrogens with one attached hydrogen (secondary N) is 2. The smallest absolute Gasteiger partial charge is 0.394 e. The van der Waals surface area contributed by atoms with Crippen LogP contribution in [0.25, 0.3) is 0 Å². The highest BCUT2D eigenvalue weighted by Gasteiger charge is 2.21. The number of ether oxygens (including phenoxy) is 2. The SMILES string of the molecule is COc1ccc(NS(=O)(=O)c2cc(Oc3c(C)cc(NC(=O)C(=O)O)cc3C)ccc2O)cc1. The number of carbonyl (C=O) groups excluding carboxylic acids is 1. The van der Waals surface area contributed by atoms with Crippen molar-refractivity contribution in [1.82, 2.24) is 0 Å². The normalized spacial score (nSPS) is 10.9. The standard InChI is InChI=1S/C23H22N2O8S/c1-13-10-16(24-22(27)23(28)29)11-14(2)21(13)33-18-8-9-19(26)20(12-18)34(30,31)25-15-4-6-17(32-3)7-5-15/h4-12,25-26H,1-3H3,(H,24,27)(H,28,29). The average Bonchev–Trinajstić information content (AvgIpc) is 2.77. The zero-order valence-electron chi connectivity index (χ0n) is 18.4. The summed E-state index contributed by atoms with van der Waals surface area (Å²) in [6.45, 7) is 3.37. The molecular formula is C23H22N2O8S. The van der Waals surface area contributed by atoms with E-state index in [1.165, 1.54) is 49.6 Å². The van der Waals surface area contributed by atoms with Crippen molar-refractivity contribution >= 4 is 33.3 Å². The Bertz CT molecular complexity index is 1330. The second kappa shape index (κ2) is 9.71. The van der Waals surface area contributed by atoms with Crippen LogP contribution in [0.5, 0.6) is 23.0 Å². The number of carbonyl (C=O) groups is 2. The third-order valence-electron chi connectivity index (χ3n) is 4.70. The minimum Gasteiger partial charge on any atom is -0.507 e. The lowest BCUT2D eigenvalue weighted by atomic mass is 10.1. The summed E-state index contributed by atoms with van der Waals surface area (Å²) < 4.78 is 39.1. The molecule has 0 aliphatic rings. The number of amides is 1. The van der Waals surface area contributed by atoms with Gasteiger partial charge in [0, 0.05) is 17.4 Å². The van der Waals surface area contributed by atoms with Gasteiger partial charge in [0.25, 0.3) is 10.0 Å². The van der Waals surface area contributed by atoms with Gasteiger partial charge >= 0.3 is 11.9 Å². The molecule has 0 spiro atoms. The van der Waals surface area contributed by atoms with Crippen molar-refractivity contribution < 1.29 is 37.7 Å². The number of sulfonamides is 1. The number of carboxylic acids is 1. The van der Waals surface area contributed by atoms with Crippen molar-refractivity contribution in [3.8, 4) is 23.0 Å². The van der Waals surface area contributed by atoms with Crippen molar-refractivity contribution in [2.75, 3.05) is 17.1 Å². The average molecular weight is 487 g/mol. The van der Waals surface area contributed by atoms with E-state index in [0.29, 0.717) is 22.6 Å². The van der Waals surface area contributed by atoms with E-state index in [-0.39, 0.29) is 22.0 Å². The monoisotopic (exact) mass is 486 g/mol. The third-order valence-corrected chi connectivity index (χ3v) is 6.11. The van der Waals surface area contributed by atoms with Gasteiger partial charge in [-0.2, -0.15) is 0 Å². The Morgan fingerprint density at radius 3 is 2.03 bits per heavy atom. The molecule has 0 atom stereocenters. The number of phenolic OH excluding ortho intramolecular Hbond substituents is 1. The van der Waals surface area contributed by atoms with Crippen LogP contribution in [0.3, 0.4) is 0 Å². The second-order valence-corrected chi connectivity index (χ2v) is 8.91. The summed E-state index contributed by atoms with van der Waals surface area (Å²) in [4.78, 5) is 21.8. The molecule has 3 aromatic carbocycles. The molecule has 3 aromatic rings. The van der Waals surface area contributed by atoms with Crippen LogP contribution in [0.15, 0.2) is 59.5 Å². The minimum atomic E-state index is -4.15. The molecule has 10 nitrogen and oxygen atoms in total. The zero-order valence-corrected chi connectivity index (χ0v) is 19.3. The molecule has 0 saturated carbocycles. The molecule has 178 valence electrons. The highest BCUT2D eigenvalue weighted by atomic mass is 32.2. The molecule has 1 amide bonds. The van der Waals surface area contributed by atoms with Gasteiger partial charge in [-0.25, -0.2) is 13.2 Å². The molecular weight excluding hydrogens is 464 g/mol. The molecule has 0 unspecified atom stereocenters. The number of aliphatic carboxylic acids is 1. The number of methoxy groups -OCH3 is 1.